The molecule has 1 fully saturated rings. The molecule has 0 amide bonds. The van der Waals surface area contributed by atoms with E-state index in [2.05, 4.69) is 33.4 Å². The molecule has 1 aliphatic rings. The van der Waals surface area contributed by atoms with E-state index in [-0.39, 0.29) is 0 Å². The van der Waals surface area contributed by atoms with E-state index in [1.165, 1.54) is 5.69 Å². The lowest BCUT2D eigenvalue weighted by Gasteiger charge is -2.29. The Kier molecular flexibility index (Phi) is 4.69. The van der Waals surface area contributed by atoms with Gasteiger partial charge in [0.25, 0.3) is 0 Å². The number of rotatable bonds is 5. The van der Waals surface area contributed by atoms with Crippen LogP contribution >= 0.6 is 0 Å². The lowest BCUT2D eigenvalue weighted by molar-refractivity contribution is 0.320. The van der Waals surface area contributed by atoms with Gasteiger partial charge >= 0.3 is 0 Å². The van der Waals surface area contributed by atoms with Gasteiger partial charge in [-0.2, -0.15) is 0 Å². The van der Waals surface area contributed by atoms with Gasteiger partial charge in [-0.15, -0.1) is 0 Å². The third-order valence-electron chi connectivity index (χ3n) is 3.65. The number of pyridine rings is 1. The summed E-state index contributed by atoms with van der Waals surface area (Å²) >= 11 is 0. The molecule has 2 aromatic rings. The summed E-state index contributed by atoms with van der Waals surface area (Å²) in [5, 5.41) is 3.37. The van der Waals surface area contributed by atoms with Gasteiger partial charge in [-0.1, -0.05) is 12.1 Å². The van der Waals surface area contributed by atoms with Crippen LogP contribution < -0.4 is 15.0 Å². The Morgan fingerprint density at radius 3 is 2.81 bits per heavy atom. The average molecular weight is 283 g/mol. The van der Waals surface area contributed by atoms with Crippen LogP contribution in [-0.2, 0) is 6.42 Å². The molecule has 1 aromatic heterocycles. The Morgan fingerprint density at radius 1 is 1.10 bits per heavy atom. The Bertz CT molecular complexity index is 553. The van der Waals surface area contributed by atoms with Crippen molar-refractivity contribution in [1.82, 2.24) is 10.3 Å². The molecular formula is C17H21N3O. The zero-order valence-corrected chi connectivity index (χ0v) is 12.2. The van der Waals surface area contributed by atoms with Crippen molar-refractivity contribution in [2.24, 2.45) is 0 Å². The van der Waals surface area contributed by atoms with E-state index >= 15 is 0 Å². The molecule has 0 radical (unpaired) electrons. The quantitative estimate of drug-likeness (QED) is 0.912. The molecule has 0 spiro atoms. The molecule has 3 rings (SSSR count). The minimum Gasteiger partial charge on any atom is -0.493 e. The molecular weight excluding hydrogens is 262 g/mol. The summed E-state index contributed by atoms with van der Waals surface area (Å²) in [6.45, 7) is 4.85. The molecule has 1 aromatic carbocycles. The van der Waals surface area contributed by atoms with Crippen LogP contribution in [0.3, 0.4) is 0 Å². The van der Waals surface area contributed by atoms with Crippen molar-refractivity contribution in [2.45, 2.75) is 6.42 Å². The largest absolute Gasteiger partial charge is 0.493 e. The van der Waals surface area contributed by atoms with E-state index in [4.69, 9.17) is 4.74 Å². The first-order valence-corrected chi connectivity index (χ1v) is 7.50. The zero-order chi connectivity index (χ0) is 14.3. The van der Waals surface area contributed by atoms with Crippen LogP contribution in [-0.4, -0.2) is 37.8 Å². The van der Waals surface area contributed by atoms with Gasteiger partial charge in [-0.05, 0) is 24.3 Å². The molecule has 110 valence electrons. The fourth-order valence-corrected chi connectivity index (χ4v) is 2.51. The summed E-state index contributed by atoms with van der Waals surface area (Å²) in [5.41, 5.74) is 2.31. The minimum absolute atomic E-state index is 0.655. The third kappa shape index (κ3) is 3.95. The molecule has 2 heterocycles. The first-order valence-electron chi connectivity index (χ1n) is 7.50. The second kappa shape index (κ2) is 7.09. The van der Waals surface area contributed by atoms with Crippen LogP contribution in [0, 0.1) is 0 Å². The highest BCUT2D eigenvalue weighted by Gasteiger charge is 2.10. The van der Waals surface area contributed by atoms with Crippen LogP contribution in [0.5, 0.6) is 5.75 Å². The summed E-state index contributed by atoms with van der Waals surface area (Å²) in [7, 11) is 0. The number of anilines is 1. The highest BCUT2D eigenvalue weighted by atomic mass is 16.5. The van der Waals surface area contributed by atoms with Gasteiger partial charge in [0.2, 0.25) is 0 Å². The van der Waals surface area contributed by atoms with Crippen molar-refractivity contribution in [3.05, 3.63) is 54.4 Å². The van der Waals surface area contributed by atoms with Crippen molar-refractivity contribution >= 4 is 5.69 Å². The first kappa shape index (κ1) is 13.9. The standard InChI is InChI=1S/C17H21N3O/c1-2-8-19-15(4-1)7-13-21-17-6-3-5-16(14-17)20-11-9-18-10-12-20/h1-6,8,14,18H,7,9-13H2. The Morgan fingerprint density at radius 2 is 2.00 bits per heavy atom. The topological polar surface area (TPSA) is 37.4 Å². The Labute approximate surface area is 125 Å². The fourth-order valence-electron chi connectivity index (χ4n) is 2.51. The SMILES string of the molecule is c1ccc(CCOc2cccc(N3CCNCC3)c2)nc1. The number of aromatic nitrogens is 1. The van der Waals surface area contributed by atoms with Gasteiger partial charge in [0.05, 0.1) is 6.61 Å². The van der Waals surface area contributed by atoms with E-state index in [0.717, 1.165) is 44.0 Å². The summed E-state index contributed by atoms with van der Waals surface area (Å²) in [6, 6.07) is 14.3. The van der Waals surface area contributed by atoms with E-state index < -0.39 is 0 Å². The molecule has 4 heteroatoms. The van der Waals surface area contributed by atoms with Gasteiger partial charge in [0.15, 0.2) is 0 Å². The molecule has 0 saturated carbocycles. The van der Waals surface area contributed by atoms with E-state index in [9.17, 15) is 0 Å². The predicted molar refractivity (Wildman–Crippen MR) is 85.0 cm³/mol. The van der Waals surface area contributed by atoms with Gasteiger partial charge in [-0.3, -0.25) is 4.98 Å². The molecule has 21 heavy (non-hydrogen) atoms. The van der Waals surface area contributed by atoms with Gasteiger partial charge in [-0.25, -0.2) is 0 Å². The van der Waals surface area contributed by atoms with Crippen molar-refractivity contribution in [2.75, 3.05) is 37.7 Å². The minimum atomic E-state index is 0.655. The summed E-state index contributed by atoms with van der Waals surface area (Å²) in [5.74, 6) is 0.932. The van der Waals surface area contributed by atoms with Gasteiger partial charge in [0.1, 0.15) is 5.75 Å². The summed E-state index contributed by atoms with van der Waals surface area (Å²) < 4.78 is 5.86. The highest BCUT2D eigenvalue weighted by molar-refractivity contribution is 5.51. The number of benzene rings is 1. The second-order valence-electron chi connectivity index (χ2n) is 5.15. The maximum atomic E-state index is 5.86. The fraction of sp³-hybridized carbons (Fsp3) is 0.353. The predicted octanol–water partition coefficient (Wildman–Crippen LogP) is 2.11. The monoisotopic (exact) mass is 283 g/mol. The molecule has 4 nitrogen and oxygen atoms in total. The Hall–Kier alpha value is -2.07. The summed E-state index contributed by atoms with van der Waals surface area (Å²) in [6.07, 6.45) is 2.65. The molecule has 0 atom stereocenters. The van der Waals surface area contributed by atoms with E-state index in [1.54, 1.807) is 0 Å². The normalized spacial score (nSPS) is 15.0. The molecule has 0 aliphatic carbocycles. The van der Waals surface area contributed by atoms with Gasteiger partial charge in [0, 0.05) is 56.2 Å². The number of nitrogens with zero attached hydrogens (tertiary/aromatic N) is 2. The number of nitrogens with one attached hydrogen (secondary N) is 1. The number of hydrogen-bond donors (Lipinski definition) is 1. The van der Waals surface area contributed by atoms with Crippen LogP contribution in [0.2, 0.25) is 0 Å². The van der Waals surface area contributed by atoms with E-state index in [1.807, 2.05) is 30.5 Å². The second-order valence-corrected chi connectivity index (χ2v) is 5.15. The average Bonchev–Trinajstić information content (AvgIpc) is 2.57. The molecule has 1 N–H and O–H groups in total. The molecule has 0 unspecified atom stereocenters. The maximum absolute atomic E-state index is 5.86. The Balaban J connectivity index is 1.55. The number of ether oxygens (including phenoxy) is 1. The van der Waals surface area contributed by atoms with Gasteiger partial charge < -0.3 is 15.0 Å². The van der Waals surface area contributed by atoms with E-state index in [0.29, 0.717) is 6.61 Å². The van der Waals surface area contributed by atoms with Crippen LogP contribution in [0.4, 0.5) is 5.69 Å². The lowest BCUT2D eigenvalue weighted by Crippen LogP contribution is -2.43. The maximum Gasteiger partial charge on any atom is 0.121 e. The molecule has 0 bridgehead atoms. The number of piperazine rings is 1. The van der Waals surface area contributed by atoms with Crippen LogP contribution in [0.25, 0.3) is 0 Å². The van der Waals surface area contributed by atoms with Crippen molar-refractivity contribution in [3.63, 3.8) is 0 Å². The molecule has 1 saturated heterocycles. The third-order valence-corrected chi connectivity index (χ3v) is 3.65. The van der Waals surface area contributed by atoms with Crippen LogP contribution in [0.15, 0.2) is 48.7 Å². The van der Waals surface area contributed by atoms with Crippen molar-refractivity contribution in [3.8, 4) is 5.75 Å². The highest BCUT2D eigenvalue weighted by Crippen LogP contribution is 2.21. The molecule has 1 aliphatic heterocycles. The van der Waals surface area contributed by atoms with Crippen molar-refractivity contribution < 1.29 is 4.74 Å². The smallest absolute Gasteiger partial charge is 0.121 e. The lowest BCUT2D eigenvalue weighted by atomic mass is 10.2. The van der Waals surface area contributed by atoms with Crippen LogP contribution in [0.1, 0.15) is 5.69 Å². The zero-order valence-electron chi connectivity index (χ0n) is 12.2. The number of hydrogen-bond acceptors (Lipinski definition) is 4. The van der Waals surface area contributed by atoms with Crippen molar-refractivity contribution in [1.29, 1.82) is 0 Å². The summed E-state index contributed by atoms with van der Waals surface area (Å²) in [4.78, 5) is 6.70. The first-order chi connectivity index (χ1) is 10.4.